The van der Waals surface area contributed by atoms with E-state index in [4.69, 9.17) is 5.48 Å². The first-order valence-electron chi connectivity index (χ1n) is 14.3. The minimum absolute atomic E-state index is 0.125. The van der Waals surface area contributed by atoms with Crippen molar-refractivity contribution < 1.29 is 15.1 Å². The molecule has 1 aliphatic rings. The summed E-state index contributed by atoms with van der Waals surface area (Å²) in [5.41, 5.74) is 4.79. The second kappa shape index (κ2) is 9.82. The molecule has 0 fully saturated rings. The summed E-state index contributed by atoms with van der Waals surface area (Å²) in [7, 11) is 0. The zero-order valence-electron chi connectivity index (χ0n) is 24.6. The fourth-order valence-electron chi connectivity index (χ4n) is 4.76. The van der Waals surface area contributed by atoms with Crippen LogP contribution in [0.5, 0.6) is 0 Å². The Morgan fingerprint density at radius 1 is 0.921 bits per heavy atom. The second-order valence-electron chi connectivity index (χ2n) is 9.02. The highest BCUT2D eigenvalue weighted by Crippen LogP contribution is 2.36. The van der Waals surface area contributed by atoms with Crippen LogP contribution in [-0.4, -0.2) is 28.3 Å². The molecule has 0 saturated carbocycles. The van der Waals surface area contributed by atoms with Gasteiger partial charge in [-0.1, -0.05) is 66.7 Å². The average molecular weight is 503 g/mol. The highest BCUT2D eigenvalue weighted by atomic mass is 16.2. The van der Waals surface area contributed by atoms with Crippen molar-refractivity contribution in [2.45, 2.75) is 13.3 Å². The van der Waals surface area contributed by atoms with Gasteiger partial charge in [-0.15, -0.1) is 0 Å². The molecule has 2 N–H and O–H groups in total. The highest BCUT2D eigenvalue weighted by molar-refractivity contribution is 6.10. The number of H-pyrrole nitrogens is 1. The molecule has 4 aromatic carbocycles. The SMILES string of the molecule is [2H]c1c([2H])c([2H])c(-c2ccccc2)c(C(=O)Nc2ccc(C(=O)N3CCc4[nH]c(C)nc4-c4ccccc43)cc2)c1[2H]. The van der Waals surface area contributed by atoms with Crippen molar-refractivity contribution in [3.8, 4) is 22.4 Å². The molecule has 186 valence electrons. The van der Waals surface area contributed by atoms with E-state index in [1.165, 1.54) is 0 Å². The van der Waals surface area contributed by atoms with Crippen molar-refractivity contribution in [3.05, 3.63) is 126 Å². The lowest BCUT2D eigenvalue weighted by molar-refractivity contribution is 0.0986. The van der Waals surface area contributed by atoms with Gasteiger partial charge >= 0.3 is 0 Å². The lowest BCUT2D eigenvalue weighted by Crippen LogP contribution is -2.32. The molecule has 1 aliphatic heterocycles. The third kappa shape index (κ3) is 4.37. The first kappa shape index (κ1) is 19.2. The fourth-order valence-corrected chi connectivity index (χ4v) is 4.76. The number of anilines is 2. The van der Waals surface area contributed by atoms with E-state index in [-0.39, 0.29) is 23.1 Å². The molecular weight excluding hydrogens is 472 g/mol. The topological polar surface area (TPSA) is 78.1 Å². The van der Waals surface area contributed by atoms with Crippen LogP contribution in [0.15, 0.2) is 103 Å². The van der Waals surface area contributed by atoms with Crippen molar-refractivity contribution in [2.24, 2.45) is 0 Å². The summed E-state index contributed by atoms with van der Waals surface area (Å²) in [4.78, 5) is 36.8. The second-order valence-corrected chi connectivity index (χ2v) is 9.02. The number of para-hydroxylation sites is 1. The van der Waals surface area contributed by atoms with E-state index in [1.807, 2.05) is 31.2 Å². The van der Waals surface area contributed by atoms with Gasteiger partial charge in [-0.25, -0.2) is 4.98 Å². The van der Waals surface area contributed by atoms with E-state index in [9.17, 15) is 9.59 Å². The van der Waals surface area contributed by atoms with Gasteiger partial charge in [0.25, 0.3) is 11.8 Å². The quantitative estimate of drug-likeness (QED) is 0.294. The largest absolute Gasteiger partial charge is 0.346 e. The molecule has 6 nitrogen and oxygen atoms in total. The Balaban J connectivity index is 1.28. The number of nitrogens with one attached hydrogen (secondary N) is 2. The zero-order valence-corrected chi connectivity index (χ0v) is 20.6. The van der Waals surface area contributed by atoms with Crippen LogP contribution in [0.25, 0.3) is 22.4 Å². The van der Waals surface area contributed by atoms with Gasteiger partial charge in [0.15, 0.2) is 0 Å². The molecule has 1 aromatic heterocycles. The molecule has 0 bridgehead atoms. The number of amides is 2. The molecule has 2 heterocycles. The number of nitrogens with zero attached hydrogens (tertiary/aromatic N) is 2. The van der Waals surface area contributed by atoms with E-state index in [1.54, 1.807) is 59.5 Å². The third-order valence-corrected chi connectivity index (χ3v) is 6.54. The number of imidazole rings is 1. The molecule has 0 spiro atoms. The summed E-state index contributed by atoms with van der Waals surface area (Å²) in [5.74, 6) is -0.0368. The van der Waals surface area contributed by atoms with Gasteiger partial charge in [-0.05, 0) is 54.4 Å². The highest BCUT2D eigenvalue weighted by Gasteiger charge is 2.26. The van der Waals surface area contributed by atoms with E-state index in [0.717, 1.165) is 28.5 Å². The fraction of sp³-hybridized carbons (Fsp3) is 0.0938. The van der Waals surface area contributed by atoms with Crippen molar-refractivity contribution in [2.75, 3.05) is 16.8 Å². The average Bonchev–Trinajstić information content (AvgIpc) is 3.31. The lowest BCUT2D eigenvalue weighted by Gasteiger charge is -2.23. The Labute approximate surface area is 226 Å². The maximum Gasteiger partial charge on any atom is 0.258 e. The molecule has 2 amide bonds. The number of carbonyl (C=O) groups is 2. The van der Waals surface area contributed by atoms with E-state index in [2.05, 4.69) is 15.3 Å². The Hall–Kier alpha value is -4.97. The maximum absolute atomic E-state index is 13.7. The first-order chi connectivity index (χ1) is 20.2. The minimum atomic E-state index is -0.676. The predicted molar refractivity (Wildman–Crippen MR) is 150 cm³/mol. The van der Waals surface area contributed by atoms with Gasteiger partial charge in [0.05, 0.1) is 16.9 Å². The van der Waals surface area contributed by atoms with Crippen LogP contribution in [0.2, 0.25) is 0 Å². The molecule has 38 heavy (non-hydrogen) atoms. The Bertz CT molecular complexity index is 1850. The molecule has 0 aliphatic carbocycles. The van der Waals surface area contributed by atoms with Crippen molar-refractivity contribution in [1.29, 1.82) is 0 Å². The first-order valence-corrected chi connectivity index (χ1v) is 12.3. The van der Waals surface area contributed by atoms with Crippen LogP contribution < -0.4 is 10.2 Å². The summed E-state index contributed by atoms with van der Waals surface area (Å²) in [5, 5.41) is 2.74. The summed E-state index contributed by atoms with van der Waals surface area (Å²) >= 11 is 0. The third-order valence-electron chi connectivity index (χ3n) is 6.54. The Morgan fingerprint density at radius 3 is 2.47 bits per heavy atom. The van der Waals surface area contributed by atoms with Crippen LogP contribution in [0.4, 0.5) is 11.4 Å². The minimum Gasteiger partial charge on any atom is -0.346 e. The molecule has 5 aromatic rings. The van der Waals surface area contributed by atoms with E-state index < -0.39 is 24.0 Å². The lowest BCUT2D eigenvalue weighted by atomic mass is 9.99. The number of rotatable bonds is 4. The van der Waals surface area contributed by atoms with Gasteiger partial charge in [0.1, 0.15) is 5.82 Å². The molecule has 6 rings (SSSR count). The van der Waals surface area contributed by atoms with Gasteiger partial charge in [0, 0.05) is 41.0 Å². The van der Waals surface area contributed by atoms with E-state index in [0.29, 0.717) is 29.8 Å². The predicted octanol–water partition coefficient (Wildman–Crippen LogP) is 6.51. The van der Waals surface area contributed by atoms with Crippen molar-refractivity contribution >= 4 is 23.2 Å². The number of benzene rings is 4. The smallest absolute Gasteiger partial charge is 0.258 e. The standard InChI is InChI=1S/C32H26N4O2/c1-21-33-28-19-20-36(29-14-8-7-13-27(29)30(28)34-21)32(38)23-15-17-24(18-16-23)35-31(37)26-12-6-5-11-25(26)22-9-3-2-4-10-22/h2-18H,19-20H2,1H3,(H,33,34)(H,35,37)/i5D,6D,11D,12D. The zero-order chi connectivity index (χ0) is 29.5. The van der Waals surface area contributed by atoms with Crippen molar-refractivity contribution in [1.82, 2.24) is 9.97 Å². The Kier molecular flexibility index (Phi) is 4.96. The van der Waals surface area contributed by atoms with Crippen LogP contribution in [0.1, 0.15) is 37.7 Å². The molecule has 6 heteroatoms. The molecule has 0 saturated heterocycles. The van der Waals surface area contributed by atoms with Crippen LogP contribution >= 0.6 is 0 Å². The summed E-state index contributed by atoms with van der Waals surface area (Å²) in [6, 6.07) is 21.2. The van der Waals surface area contributed by atoms with Crippen molar-refractivity contribution in [3.63, 3.8) is 0 Å². The number of aryl methyl sites for hydroxylation is 1. The normalized spacial score (nSPS) is 13.8. The van der Waals surface area contributed by atoms with Crippen LogP contribution in [-0.2, 0) is 6.42 Å². The number of fused-ring (bicyclic) bond motifs is 3. The number of aromatic nitrogens is 2. The summed E-state index contributed by atoms with van der Waals surface area (Å²) < 4.78 is 33.1. The Morgan fingerprint density at radius 2 is 1.66 bits per heavy atom. The molecule has 0 atom stereocenters. The van der Waals surface area contributed by atoms with Crippen LogP contribution in [0, 0.1) is 6.92 Å². The van der Waals surface area contributed by atoms with Gasteiger partial charge in [0.2, 0.25) is 0 Å². The van der Waals surface area contributed by atoms with Gasteiger partial charge < -0.3 is 15.2 Å². The number of carbonyl (C=O) groups excluding carboxylic acids is 2. The molecular formula is C32H26N4O2. The van der Waals surface area contributed by atoms with Crippen LogP contribution in [0.3, 0.4) is 0 Å². The summed E-state index contributed by atoms with van der Waals surface area (Å²) in [6.07, 6.45) is 0.622. The summed E-state index contributed by atoms with van der Waals surface area (Å²) in [6.45, 7) is 2.38. The number of hydrogen-bond donors (Lipinski definition) is 2. The maximum atomic E-state index is 13.7. The van der Waals surface area contributed by atoms with Gasteiger partial charge in [-0.2, -0.15) is 0 Å². The number of hydrogen-bond acceptors (Lipinski definition) is 3. The molecule has 0 radical (unpaired) electrons. The van der Waals surface area contributed by atoms with E-state index >= 15 is 0 Å². The van der Waals surface area contributed by atoms with Gasteiger partial charge in [-0.3, -0.25) is 9.59 Å². The monoisotopic (exact) mass is 502 g/mol. The molecule has 0 unspecified atom stereocenters. The number of aromatic amines is 1.